The minimum absolute atomic E-state index is 0.0165. The Morgan fingerprint density at radius 3 is 2.27 bits per heavy atom. The van der Waals surface area contributed by atoms with Crippen molar-refractivity contribution in [2.45, 2.75) is 110 Å². The average Bonchev–Trinajstić information content (AvgIpc) is 3.52. The molecular formula is C47H53FN2O6. The van der Waals surface area contributed by atoms with Crippen molar-refractivity contribution >= 4 is 17.6 Å². The summed E-state index contributed by atoms with van der Waals surface area (Å²) in [4.78, 5) is 28.0. The minimum Gasteiger partial charge on any atom is -0.487 e. The number of halogens is 1. The van der Waals surface area contributed by atoms with Crippen molar-refractivity contribution in [3.05, 3.63) is 132 Å². The molecule has 0 aliphatic carbocycles. The summed E-state index contributed by atoms with van der Waals surface area (Å²) in [7, 11) is 0. The lowest BCUT2D eigenvalue weighted by atomic mass is 9.94. The van der Waals surface area contributed by atoms with E-state index in [9.17, 15) is 9.18 Å². The zero-order chi connectivity index (χ0) is 44.4. The second kappa shape index (κ2) is 17.3. The summed E-state index contributed by atoms with van der Waals surface area (Å²) in [6, 6.07) is 19.5. The summed E-state index contributed by atoms with van der Waals surface area (Å²) in [5.41, 5.74) is 1.94. The van der Waals surface area contributed by atoms with Gasteiger partial charge in [-0.25, -0.2) is 4.39 Å². The van der Waals surface area contributed by atoms with Crippen LogP contribution in [0.3, 0.4) is 0 Å². The van der Waals surface area contributed by atoms with Crippen LogP contribution in [0.1, 0.15) is 102 Å². The number of ether oxygens (including phenoxy) is 4. The van der Waals surface area contributed by atoms with E-state index >= 15 is 4.79 Å². The molecule has 0 saturated carbocycles. The fourth-order valence-electron chi connectivity index (χ4n) is 7.21. The molecule has 6 rings (SSSR count). The van der Waals surface area contributed by atoms with Crippen molar-refractivity contribution in [2.24, 2.45) is 0 Å². The Morgan fingerprint density at radius 2 is 1.59 bits per heavy atom. The molecule has 8 nitrogen and oxygen atoms in total. The monoisotopic (exact) mass is 765 g/mol. The van der Waals surface area contributed by atoms with Crippen LogP contribution < -0.4 is 10.1 Å². The first-order valence-corrected chi connectivity index (χ1v) is 19.0. The van der Waals surface area contributed by atoms with E-state index in [0.29, 0.717) is 41.2 Å². The van der Waals surface area contributed by atoms with Gasteiger partial charge in [-0.05, 0) is 100 Å². The molecule has 2 heterocycles. The maximum absolute atomic E-state index is 15.1. The van der Waals surface area contributed by atoms with Crippen LogP contribution in [-0.4, -0.2) is 40.0 Å². The number of aromatic nitrogens is 1. The first-order chi connectivity index (χ1) is 28.7. The molecule has 56 heavy (non-hydrogen) atoms. The molecule has 0 bridgehead atoms. The van der Waals surface area contributed by atoms with Crippen molar-refractivity contribution < 1.29 is 39.8 Å². The summed E-state index contributed by atoms with van der Waals surface area (Å²) in [6.07, 6.45) is -0.216. The van der Waals surface area contributed by atoms with Crippen molar-refractivity contribution in [1.29, 1.82) is 0 Å². The first-order valence-electron chi connectivity index (χ1n) is 21.5. The highest BCUT2D eigenvalue weighted by Crippen LogP contribution is 2.43. The number of rotatable bonds is 13. The molecule has 1 amide bonds. The molecule has 5 aromatic rings. The molecule has 9 heteroatoms. The summed E-state index contributed by atoms with van der Waals surface area (Å²) in [6.45, 7) is 13.2. The molecule has 1 aliphatic heterocycles. The maximum Gasteiger partial charge on any atom is 0.308 e. The van der Waals surface area contributed by atoms with Crippen molar-refractivity contribution in [3.8, 4) is 28.1 Å². The van der Waals surface area contributed by atoms with Crippen LogP contribution >= 0.6 is 0 Å². The Morgan fingerprint density at radius 1 is 0.929 bits per heavy atom. The number of amides is 1. The third-order valence-corrected chi connectivity index (χ3v) is 9.23. The number of anilines is 1. The van der Waals surface area contributed by atoms with Gasteiger partial charge in [0, 0.05) is 24.2 Å². The average molecular weight is 766 g/mol. The van der Waals surface area contributed by atoms with E-state index in [1.54, 1.807) is 71.0 Å². The Labute approximate surface area is 337 Å². The third kappa shape index (κ3) is 10.1. The quantitative estimate of drug-likeness (QED) is 0.120. The van der Waals surface area contributed by atoms with E-state index < -0.39 is 71.5 Å². The van der Waals surface area contributed by atoms with Gasteiger partial charge in [0.15, 0.2) is 5.79 Å². The van der Waals surface area contributed by atoms with Crippen LogP contribution in [0, 0.1) is 5.82 Å². The molecule has 0 unspecified atom stereocenters. The van der Waals surface area contributed by atoms with Crippen molar-refractivity contribution in [2.75, 3.05) is 5.32 Å². The van der Waals surface area contributed by atoms with Gasteiger partial charge in [-0.15, -0.1) is 0 Å². The van der Waals surface area contributed by atoms with Gasteiger partial charge in [0.25, 0.3) is 5.91 Å². The van der Waals surface area contributed by atoms with Crippen LogP contribution in [0.25, 0.3) is 22.4 Å². The van der Waals surface area contributed by atoms with Crippen LogP contribution in [0.4, 0.5) is 10.1 Å². The van der Waals surface area contributed by atoms with E-state index in [1.807, 2.05) is 48.7 Å². The van der Waals surface area contributed by atoms with Gasteiger partial charge in [-0.2, -0.15) is 0 Å². The molecule has 0 radical (unpaired) electrons. The van der Waals surface area contributed by atoms with Gasteiger partial charge < -0.3 is 28.8 Å². The highest BCUT2D eigenvalue weighted by molar-refractivity contribution is 6.13. The molecule has 294 valence electrons. The second-order valence-corrected chi connectivity index (χ2v) is 15.7. The normalized spacial score (nSPS) is 18.0. The first kappa shape index (κ1) is 34.0. The van der Waals surface area contributed by atoms with E-state index in [0.717, 1.165) is 5.56 Å². The van der Waals surface area contributed by atoms with Gasteiger partial charge in [-0.1, -0.05) is 86.5 Å². The SMILES string of the molecule is [2H]c1c([2H])c([2H])c(-c2c(C(=O)Nc3ccccc3OCc3ccccc3)c(C(C)C)n(CC[C@@H]3C[C@H](CC(=O)OC(C)(C)C)OC(C)(C)O3)c2-c2ccc(F)cc2)c([2H])c1[2H]. The molecular weight excluding hydrogens is 708 g/mol. The maximum atomic E-state index is 15.1. The van der Waals surface area contributed by atoms with E-state index in [-0.39, 0.29) is 42.2 Å². The number of hydrogen-bond acceptors (Lipinski definition) is 6. The fourth-order valence-corrected chi connectivity index (χ4v) is 7.21. The fraction of sp³-hybridized carbons (Fsp3) is 0.362. The summed E-state index contributed by atoms with van der Waals surface area (Å²) in [5.74, 6) is -2.53. The Kier molecular flexibility index (Phi) is 10.5. The van der Waals surface area contributed by atoms with Crippen LogP contribution in [0.2, 0.25) is 0 Å². The lowest BCUT2D eigenvalue weighted by Gasteiger charge is -2.41. The highest BCUT2D eigenvalue weighted by atomic mass is 19.1. The lowest BCUT2D eigenvalue weighted by Crippen LogP contribution is -2.46. The molecule has 2 atom stereocenters. The summed E-state index contributed by atoms with van der Waals surface area (Å²) < 4.78 is 84.9. The Hall–Kier alpha value is -5.25. The molecule has 4 aromatic carbocycles. The molecule has 1 saturated heterocycles. The highest BCUT2D eigenvalue weighted by Gasteiger charge is 2.38. The zero-order valence-electron chi connectivity index (χ0n) is 38.0. The van der Waals surface area contributed by atoms with Gasteiger partial charge in [0.2, 0.25) is 0 Å². The number of nitrogens with one attached hydrogen (secondary N) is 1. The molecule has 0 spiro atoms. The largest absolute Gasteiger partial charge is 0.487 e. The second-order valence-electron chi connectivity index (χ2n) is 15.7. The topological polar surface area (TPSA) is 88.0 Å². The molecule has 1 aromatic heterocycles. The molecule has 1 N–H and O–H groups in total. The van der Waals surface area contributed by atoms with Gasteiger partial charge in [0.05, 0.1) is 42.4 Å². The van der Waals surface area contributed by atoms with Crippen LogP contribution in [-0.2, 0) is 32.2 Å². The summed E-state index contributed by atoms with van der Waals surface area (Å²) >= 11 is 0. The van der Waals surface area contributed by atoms with E-state index in [4.69, 9.17) is 25.8 Å². The Balaban J connectivity index is 1.51. The predicted octanol–water partition coefficient (Wildman–Crippen LogP) is 10.9. The number of hydrogen-bond donors (Lipinski definition) is 1. The Bertz CT molecular complexity index is 2370. The minimum atomic E-state index is -1.05. The van der Waals surface area contributed by atoms with Gasteiger partial charge in [0.1, 0.15) is 23.8 Å². The summed E-state index contributed by atoms with van der Waals surface area (Å²) in [5, 5.41) is 3.03. The van der Waals surface area contributed by atoms with E-state index in [1.165, 1.54) is 12.1 Å². The van der Waals surface area contributed by atoms with Gasteiger partial charge in [-0.3, -0.25) is 9.59 Å². The standard InChI is InChI=1S/C47H53FN2O6/c1-31(2)43-42(45(52)49-38-20-14-15-21-39(38)53-30-32-16-10-8-11-17-32)41(33-18-12-9-13-19-33)44(34-22-24-35(48)25-23-34)50(43)27-26-36-28-37(55-47(6,7)54-36)29-40(51)56-46(3,4)5/h8-25,31,36-37H,26-30H2,1-7H3,(H,49,52)/t36-,37-/m1/s1/i9D,12D,13D,18D,19D. The smallest absolute Gasteiger partial charge is 0.308 e. The zero-order valence-corrected chi connectivity index (χ0v) is 33.0. The number of para-hydroxylation sites is 2. The number of esters is 1. The van der Waals surface area contributed by atoms with E-state index in [2.05, 4.69) is 5.32 Å². The van der Waals surface area contributed by atoms with Gasteiger partial charge >= 0.3 is 5.97 Å². The molecule has 1 fully saturated rings. The number of nitrogens with zero attached hydrogens (tertiary/aromatic N) is 1. The number of carbonyl (C=O) groups excluding carboxylic acids is 2. The van der Waals surface area contributed by atoms with Crippen LogP contribution in [0.15, 0.2) is 109 Å². The predicted molar refractivity (Wildman–Crippen MR) is 218 cm³/mol. The third-order valence-electron chi connectivity index (χ3n) is 9.23. The molecule has 1 aliphatic rings. The number of carbonyl (C=O) groups is 2. The van der Waals surface area contributed by atoms with Crippen LogP contribution in [0.5, 0.6) is 5.75 Å². The van der Waals surface area contributed by atoms with Crippen molar-refractivity contribution in [1.82, 2.24) is 4.57 Å². The number of benzene rings is 4. The van der Waals surface area contributed by atoms with Crippen molar-refractivity contribution in [3.63, 3.8) is 0 Å². The lowest BCUT2D eigenvalue weighted by molar-refractivity contribution is -0.301.